The fourth-order valence-electron chi connectivity index (χ4n) is 2.87. The molecule has 0 bridgehead atoms. The average Bonchev–Trinajstić information content (AvgIpc) is 3.22. The number of aromatic nitrogens is 2. The topological polar surface area (TPSA) is 94.8 Å². The van der Waals surface area contributed by atoms with Gasteiger partial charge in [0.1, 0.15) is 12.3 Å². The summed E-state index contributed by atoms with van der Waals surface area (Å²) in [5.41, 5.74) is 2.64. The third-order valence-corrected chi connectivity index (χ3v) is 4.30. The number of hydrogen-bond donors (Lipinski definition) is 3. The SMILES string of the molecule is CCNC(=NCC(=O)Nc1ccc(O)cc1)N(C)Cc1cnn(-c2ccccc2)c1.I. The lowest BCUT2D eigenvalue weighted by Gasteiger charge is -2.21. The van der Waals surface area contributed by atoms with E-state index in [4.69, 9.17) is 0 Å². The molecule has 3 aromatic rings. The molecule has 1 amide bonds. The zero-order valence-corrected chi connectivity index (χ0v) is 19.9. The van der Waals surface area contributed by atoms with Crippen LogP contribution in [0.5, 0.6) is 5.75 Å². The number of phenols is 1. The fraction of sp³-hybridized carbons (Fsp3) is 0.227. The van der Waals surface area contributed by atoms with E-state index in [1.54, 1.807) is 12.1 Å². The summed E-state index contributed by atoms with van der Waals surface area (Å²) in [6, 6.07) is 16.2. The maximum Gasteiger partial charge on any atom is 0.246 e. The van der Waals surface area contributed by atoms with E-state index in [1.165, 1.54) is 12.1 Å². The molecule has 2 aromatic carbocycles. The summed E-state index contributed by atoms with van der Waals surface area (Å²) < 4.78 is 1.83. The summed E-state index contributed by atoms with van der Waals surface area (Å²) in [7, 11) is 1.92. The second-order valence-corrected chi connectivity index (χ2v) is 6.75. The van der Waals surface area contributed by atoms with Gasteiger partial charge in [-0.1, -0.05) is 18.2 Å². The maximum absolute atomic E-state index is 12.2. The van der Waals surface area contributed by atoms with Gasteiger partial charge < -0.3 is 20.6 Å². The number of nitrogens with zero attached hydrogens (tertiary/aromatic N) is 4. The fourth-order valence-corrected chi connectivity index (χ4v) is 2.87. The molecule has 3 N–H and O–H groups in total. The monoisotopic (exact) mass is 534 g/mol. The first-order valence-corrected chi connectivity index (χ1v) is 9.72. The van der Waals surface area contributed by atoms with Crippen LogP contribution < -0.4 is 10.6 Å². The number of anilines is 1. The second kappa shape index (κ2) is 11.9. The zero-order valence-electron chi connectivity index (χ0n) is 17.5. The molecule has 0 aliphatic rings. The van der Waals surface area contributed by atoms with Crippen molar-refractivity contribution >= 4 is 41.5 Å². The minimum atomic E-state index is -0.235. The smallest absolute Gasteiger partial charge is 0.246 e. The predicted octanol–water partition coefficient (Wildman–Crippen LogP) is 3.23. The third kappa shape index (κ3) is 7.28. The Balaban J connectivity index is 0.00000341. The number of hydrogen-bond acceptors (Lipinski definition) is 4. The highest BCUT2D eigenvalue weighted by Crippen LogP contribution is 2.13. The van der Waals surface area contributed by atoms with Crippen LogP contribution in [0.4, 0.5) is 5.69 Å². The number of carbonyl (C=O) groups is 1. The first-order chi connectivity index (χ1) is 14.5. The molecule has 0 saturated heterocycles. The largest absolute Gasteiger partial charge is 0.508 e. The van der Waals surface area contributed by atoms with Gasteiger partial charge in [0.2, 0.25) is 5.91 Å². The van der Waals surface area contributed by atoms with Crippen LogP contribution in [0.2, 0.25) is 0 Å². The van der Waals surface area contributed by atoms with Gasteiger partial charge >= 0.3 is 0 Å². The zero-order chi connectivity index (χ0) is 21.3. The van der Waals surface area contributed by atoms with Crippen molar-refractivity contribution in [2.24, 2.45) is 4.99 Å². The summed E-state index contributed by atoms with van der Waals surface area (Å²) in [6.45, 7) is 3.24. The Kier molecular flexibility index (Phi) is 9.32. The Morgan fingerprint density at radius 1 is 1.16 bits per heavy atom. The van der Waals surface area contributed by atoms with Crippen molar-refractivity contribution in [3.8, 4) is 11.4 Å². The van der Waals surface area contributed by atoms with Crippen molar-refractivity contribution in [2.45, 2.75) is 13.5 Å². The van der Waals surface area contributed by atoms with Crippen LogP contribution in [-0.2, 0) is 11.3 Å². The van der Waals surface area contributed by atoms with Crippen LogP contribution >= 0.6 is 24.0 Å². The highest BCUT2D eigenvalue weighted by molar-refractivity contribution is 14.0. The van der Waals surface area contributed by atoms with E-state index in [1.807, 2.05) is 66.3 Å². The molecule has 1 heterocycles. The van der Waals surface area contributed by atoms with Crippen molar-refractivity contribution in [1.82, 2.24) is 20.0 Å². The number of carbonyl (C=O) groups excluding carboxylic acids is 1. The van der Waals surface area contributed by atoms with Gasteiger partial charge in [0.05, 0.1) is 11.9 Å². The van der Waals surface area contributed by atoms with E-state index < -0.39 is 0 Å². The van der Waals surface area contributed by atoms with E-state index in [9.17, 15) is 9.90 Å². The molecule has 164 valence electrons. The molecular weight excluding hydrogens is 507 g/mol. The van der Waals surface area contributed by atoms with Gasteiger partial charge in [-0.3, -0.25) is 4.79 Å². The number of amides is 1. The predicted molar refractivity (Wildman–Crippen MR) is 133 cm³/mol. The van der Waals surface area contributed by atoms with Gasteiger partial charge in [0.15, 0.2) is 5.96 Å². The van der Waals surface area contributed by atoms with Crippen LogP contribution in [0.25, 0.3) is 5.69 Å². The number of rotatable bonds is 7. The van der Waals surface area contributed by atoms with Crippen molar-refractivity contribution in [1.29, 1.82) is 0 Å². The number of benzene rings is 2. The van der Waals surface area contributed by atoms with Crippen LogP contribution in [0.15, 0.2) is 72.0 Å². The second-order valence-electron chi connectivity index (χ2n) is 6.75. The molecule has 0 spiro atoms. The molecule has 0 aliphatic carbocycles. The van der Waals surface area contributed by atoms with Crippen LogP contribution in [0.1, 0.15) is 12.5 Å². The number of halogens is 1. The Morgan fingerprint density at radius 2 is 1.87 bits per heavy atom. The van der Waals surface area contributed by atoms with Crippen LogP contribution in [-0.4, -0.2) is 51.8 Å². The standard InChI is InChI=1S/C22H26N6O2.HI/c1-3-23-22(24-14-21(30)26-18-9-11-20(29)12-10-18)27(2)15-17-13-25-28(16-17)19-7-5-4-6-8-19;/h4-13,16,29H,3,14-15H2,1-2H3,(H,23,24)(H,26,30);1H. The number of phenolic OH excluding ortho intramolecular Hbond substituents is 1. The minimum absolute atomic E-state index is 0. The highest BCUT2D eigenvalue weighted by Gasteiger charge is 2.10. The van der Waals surface area contributed by atoms with Gasteiger partial charge in [0.25, 0.3) is 0 Å². The number of aromatic hydroxyl groups is 1. The lowest BCUT2D eigenvalue weighted by Crippen LogP contribution is -2.39. The molecule has 0 unspecified atom stereocenters. The lowest BCUT2D eigenvalue weighted by atomic mass is 10.3. The lowest BCUT2D eigenvalue weighted by molar-refractivity contribution is -0.114. The summed E-state index contributed by atoms with van der Waals surface area (Å²) in [4.78, 5) is 18.6. The van der Waals surface area contributed by atoms with Gasteiger partial charge in [-0.25, -0.2) is 9.67 Å². The van der Waals surface area contributed by atoms with E-state index in [2.05, 4.69) is 20.7 Å². The first kappa shape index (κ1) is 24.2. The summed E-state index contributed by atoms with van der Waals surface area (Å²) in [5, 5.41) is 19.7. The molecule has 1 aromatic heterocycles. The summed E-state index contributed by atoms with van der Waals surface area (Å²) in [6.07, 6.45) is 3.80. The van der Waals surface area contributed by atoms with Gasteiger partial charge in [-0.15, -0.1) is 24.0 Å². The number of guanidine groups is 1. The Morgan fingerprint density at radius 3 is 2.55 bits per heavy atom. The molecule has 0 saturated carbocycles. The van der Waals surface area contributed by atoms with Gasteiger partial charge in [-0.2, -0.15) is 5.10 Å². The quantitative estimate of drug-likeness (QED) is 0.187. The molecule has 8 nitrogen and oxygen atoms in total. The highest BCUT2D eigenvalue weighted by atomic mass is 127. The summed E-state index contributed by atoms with van der Waals surface area (Å²) >= 11 is 0. The van der Waals surface area contributed by atoms with Crippen molar-refractivity contribution < 1.29 is 9.90 Å². The van der Waals surface area contributed by atoms with E-state index in [0.29, 0.717) is 24.7 Å². The number of nitrogens with one attached hydrogen (secondary N) is 2. The number of aliphatic imine (C=N–C) groups is 1. The molecular formula is C22H27IN6O2. The molecule has 0 radical (unpaired) electrons. The Hall–Kier alpha value is -3.08. The maximum atomic E-state index is 12.2. The molecule has 0 atom stereocenters. The van der Waals surface area contributed by atoms with Crippen molar-refractivity contribution in [2.75, 3.05) is 25.5 Å². The average molecular weight is 534 g/mol. The minimum Gasteiger partial charge on any atom is -0.508 e. The molecule has 9 heteroatoms. The van der Waals surface area contributed by atoms with E-state index >= 15 is 0 Å². The molecule has 3 rings (SSSR count). The third-order valence-electron chi connectivity index (χ3n) is 4.30. The van der Waals surface area contributed by atoms with E-state index in [0.717, 1.165) is 11.3 Å². The van der Waals surface area contributed by atoms with Crippen molar-refractivity contribution in [3.05, 3.63) is 72.6 Å². The first-order valence-electron chi connectivity index (χ1n) is 9.72. The van der Waals surface area contributed by atoms with Crippen LogP contribution in [0.3, 0.4) is 0 Å². The molecule has 0 aliphatic heterocycles. The molecule has 31 heavy (non-hydrogen) atoms. The van der Waals surface area contributed by atoms with Crippen LogP contribution in [0, 0.1) is 0 Å². The van der Waals surface area contributed by atoms with Crippen molar-refractivity contribution in [3.63, 3.8) is 0 Å². The molecule has 0 fully saturated rings. The number of para-hydroxylation sites is 1. The van der Waals surface area contributed by atoms with Gasteiger partial charge in [0, 0.05) is 37.6 Å². The Labute approximate surface area is 199 Å². The van der Waals surface area contributed by atoms with E-state index in [-0.39, 0.29) is 42.2 Å². The summed E-state index contributed by atoms with van der Waals surface area (Å²) in [5.74, 6) is 0.546. The normalized spacial score (nSPS) is 10.8. The Bertz CT molecular complexity index is 989. The van der Waals surface area contributed by atoms with Gasteiger partial charge in [-0.05, 0) is 43.3 Å².